The van der Waals surface area contributed by atoms with E-state index < -0.39 is 17.7 Å². The topological polar surface area (TPSA) is 58.6 Å². The third kappa shape index (κ3) is 5.12. The summed E-state index contributed by atoms with van der Waals surface area (Å²) in [6, 6.07) is 17.3. The fraction of sp³-hybridized carbons (Fsp3) is 0.391. The Bertz CT molecular complexity index is 827. The summed E-state index contributed by atoms with van der Waals surface area (Å²) < 4.78 is 5.38. The Balaban J connectivity index is 1.75. The van der Waals surface area contributed by atoms with Crippen LogP contribution in [0.25, 0.3) is 0 Å². The first-order valence-corrected chi connectivity index (χ1v) is 9.76. The quantitative estimate of drug-likeness (QED) is 0.849. The number of aryl methyl sites for hydroxylation is 1. The molecule has 2 aromatic rings. The van der Waals surface area contributed by atoms with E-state index in [0.29, 0.717) is 19.4 Å². The lowest BCUT2D eigenvalue weighted by molar-refractivity contribution is -0.120. The average molecular weight is 380 g/mol. The van der Waals surface area contributed by atoms with Crippen LogP contribution in [0.2, 0.25) is 0 Å². The summed E-state index contributed by atoms with van der Waals surface area (Å²) in [7, 11) is 0. The van der Waals surface area contributed by atoms with Crippen LogP contribution in [0, 0.1) is 0 Å². The van der Waals surface area contributed by atoms with Crippen LogP contribution in [-0.2, 0) is 22.4 Å². The summed E-state index contributed by atoms with van der Waals surface area (Å²) in [6.45, 7) is 6.06. The highest BCUT2D eigenvalue weighted by atomic mass is 16.6. The molecule has 2 aromatic carbocycles. The predicted octanol–water partition coefficient (Wildman–Crippen LogP) is 4.10. The maximum Gasteiger partial charge on any atom is 0.408 e. The van der Waals surface area contributed by atoms with Gasteiger partial charge in [0.05, 0.1) is 0 Å². The van der Waals surface area contributed by atoms with Crippen molar-refractivity contribution in [3.05, 3.63) is 65.7 Å². The summed E-state index contributed by atoms with van der Waals surface area (Å²) in [5.74, 6) is -0.0910. The zero-order valence-corrected chi connectivity index (χ0v) is 16.8. The number of para-hydroxylation sites is 1. The van der Waals surface area contributed by atoms with Gasteiger partial charge in [-0.2, -0.15) is 0 Å². The van der Waals surface area contributed by atoms with Gasteiger partial charge in [0.2, 0.25) is 5.91 Å². The first-order valence-electron chi connectivity index (χ1n) is 9.76. The van der Waals surface area contributed by atoms with Gasteiger partial charge in [-0.1, -0.05) is 48.5 Å². The molecule has 1 atom stereocenters. The maximum atomic E-state index is 13.3. The number of benzene rings is 2. The number of carbonyl (C=O) groups excluding carboxylic acids is 2. The molecular formula is C23H28N2O3. The van der Waals surface area contributed by atoms with Crippen molar-refractivity contribution >= 4 is 17.7 Å². The Kier molecular flexibility index (Phi) is 6.02. The van der Waals surface area contributed by atoms with Crippen LogP contribution >= 0.6 is 0 Å². The van der Waals surface area contributed by atoms with Crippen molar-refractivity contribution in [1.29, 1.82) is 0 Å². The van der Waals surface area contributed by atoms with E-state index in [9.17, 15) is 9.59 Å². The molecule has 0 saturated carbocycles. The van der Waals surface area contributed by atoms with Gasteiger partial charge in [-0.15, -0.1) is 0 Å². The summed E-state index contributed by atoms with van der Waals surface area (Å²) in [6.07, 6.45) is 1.48. The van der Waals surface area contributed by atoms with Gasteiger partial charge in [0.15, 0.2) is 0 Å². The van der Waals surface area contributed by atoms with Crippen molar-refractivity contribution in [2.45, 2.75) is 51.7 Å². The molecule has 0 spiro atoms. The predicted molar refractivity (Wildman–Crippen MR) is 110 cm³/mol. The second kappa shape index (κ2) is 8.46. The second-order valence-corrected chi connectivity index (χ2v) is 8.09. The van der Waals surface area contributed by atoms with Crippen molar-refractivity contribution in [3.63, 3.8) is 0 Å². The van der Waals surface area contributed by atoms with Gasteiger partial charge in [0.1, 0.15) is 11.6 Å². The molecule has 3 rings (SSSR count). The molecule has 0 aromatic heterocycles. The molecule has 5 heteroatoms. The Hall–Kier alpha value is -2.82. The van der Waals surface area contributed by atoms with E-state index in [0.717, 1.165) is 23.2 Å². The van der Waals surface area contributed by atoms with Crippen LogP contribution < -0.4 is 10.2 Å². The first-order chi connectivity index (χ1) is 13.3. The number of carbonyl (C=O) groups is 2. The molecule has 28 heavy (non-hydrogen) atoms. The molecule has 5 nitrogen and oxygen atoms in total. The van der Waals surface area contributed by atoms with Gasteiger partial charge in [-0.25, -0.2) is 4.79 Å². The molecule has 0 aliphatic carbocycles. The Morgan fingerprint density at radius 3 is 2.46 bits per heavy atom. The normalized spacial score (nSPS) is 14.3. The number of alkyl carbamates (subject to hydrolysis) is 1. The van der Waals surface area contributed by atoms with E-state index in [-0.39, 0.29) is 5.91 Å². The van der Waals surface area contributed by atoms with Gasteiger partial charge < -0.3 is 15.0 Å². The monoisotopic (exact) mass is 380 g/mol. The minimum atomic E-state index is -0.638. The van der Waals surface area contributed by atoms with E-state index >= 15 is 0 Å². The van der Waals surface area contributed by atoms with E-state index in [1.165, 1.54) is 0 Å². The van der Waals surface area contributed by atoms with Gasteiger partial charge in [0.25, 0.3) is 0 Å². The average Bonchev–Trinajstić information content (AvgIpc) is 3.08. The summed E-state index contributed by atoms with van der Waals surface area (Å²) in [5, 5.41) is 2.80. The molecule has 0 saturated heterocycles. The molecule has 2 amide bonds. The van der Waals surface area contributed by atoms with E-state index in [4.69, 9.17) is 4.74 Å². The number of fused-ring (bicyclic) bond motifs is 1. The summed E-state index contributed by atoms with van der Waals surface area (Å²) in [4.78, 5) is 27.4. The third-order valence-corrected chi connectivity index (χ3v) is 4.71. The van der Waals surface area contributed by atoms with Crippen molar-refractivity contribution in [2.24, 2.45) is 0 Å². The van der Waals surface area contributed by atoms with Crippen molar-refractivity contribution in [3.8, 4) is 0 Å². The smallest absolute Gasteiger partial charge is 0.408 e. The molecule has 0 radical (unpaired) electrons. The number of ether oxygens (including phenoxy) is 1. The molecule has 1 N–H and O–H groups in total. The van der Waals surface area contributed by atoms with E-state index in [2.05, 4.69) is 5.32 Å². The van der Waals surface area contributed by atoms with Crippen LogP contribution in [0.3, 0.4) is 0 Å². The number of hydrogen-bond donors (Lipinski definition) is 1. The number of nitrogens with one attached hydrogen (secondary N) is 1. The van der Waals surface area contributed by atoms with Crippen molar-refractivity contribution in [2.75, 3.05) is 11.4 Å². The number of rotatable bonds is 5. The Labute approximate surface area is 166 Å². The number of anilines is 1. The highest BCUT2D eigenvalue weighted by molar-refractivity contribution is 6.00. The minimum Gasteiger partial charge on any atom is -0.444 e. The fourth-order valence-electron chi connectivity index (χ4n) is 3.42. The zero-order valence-electron chi connectivity index (χ0n) is 16.8. The molecule has 0 fully saturated rings. The number of amides is 2. The fourth-order valence-corrected chi connectivity index (χ4v) is 3.42. The third-order valence-electron chi connectivity index (χ3n) is 4.71. The lowest BCUT2D eigenvalue weighted by Gasteiger charge is -2.27. The van der Waals surface area contributed by atoms with Crippen molar-refractivity contribution < 1.29 is 14.3 Å². The van der Waals surface area contributed by atoms with Gasteiger partial charge >= 0.3 is 6.09 Å². The van der Waals surface area contributed by atoms with Crippen LogP contribution in [0.15, 0.2) is 54.6 Å². The second-order valence-electron chi connectivity index (χ2n) is 8.09. The van der Waals surface area contributed by atoms with Crippen LogP contribution in [0.1, 0.15) is 38.3 Å². The first kappa shape index (κ1) is 19.9. The minimum absolute atomic E-state index is 0.0910. The lowest BCUT2D eigenvalue weighted by Crippen LogP contribution is -2.49. The maximum absolute atomic E-state index is 13.3. The molecule has 148 valence electrons. The SMILES string of the molecule is CC(C)(C)OC(=O)N[C@@H](CCc1ccccc1)C(=O)N1CCc2ccccc21. The number of nitrogens with zero attached hydrogens (tertiary/aromatic N) is 1. The molecule has 0 bridgehead atoms. The van der Waals surface area contributed by atoms with Gasteiger partial charge in [-0.3, -0.25) is 4.79 Å². The van der Waals surface area contributed by atoms with Gasteiger partial charge in [0, 0.05) is 12.2 Å². The van der Waals surface area contributed by atoms with Crippen LogP contribution in [0.5, 0.6) is 0 Å². The standard InChI is InChI=1S/C23H28N2O3/c1-23(2,3)28-22(27)24-19(14-13-17-9-5-4-6-10-17)21(26)25-16-15-18-11-7-8-12-20(18)25/h4-12,19H,13-16H2,1-3H3,(H,24,27)/t19-/m0/s1. The highest BCUT2D eigenvalue weighted by Gasteiger charge is 2.31. The molecule has 0 unspecified atom stereocenters. The van der Waals surface area contributed by atoms with Crippen LogP contribution in [0.4, 0.5) is 10.5 Å². The molecule has 1 heterocycles. The molecular weight excluding hydrogens is 352 g/mol. The Morgan fingerprint density at radius 1 is 1.07 bits per heavy atom. The largest absolute Gasteiger partial charge is 0.444 e. The lowest BCUT2D eigenvalue weighted by atomic mass is 10.0. The van der Waals surface area contributed by atoms with Crippen molar-refractivity contribution in [1.82, 2.24) is 5.32 Å². The molecule has 1 aliphatic rings. The van der Waals surface area contributed by atoms with Gasteiger partial charge in [-0.05, 0) is 57.2 Å². The number of hydrogen-bond acceptors (Lipinski definition) is 3. The zero-order chi connectivity index (χ0) is 20.1. The molecule has 1 aliphatic heterocycles. The summed E-state index contributed by atoms with van der Waals surface area (Å²) >= 11 is 0. The van der Waals surface area contributed by atoms with E-state index in [1.807, 2.05) is 75.4 Å². The van der Waals surface area contributed by atoms with E-state index in [1.54, 1.807) is 4.90 Å². The Morgan fingerprint density at radius 2 is 1.75 bits per heavy atom. The van der Waals surface area contributed by atoms with Crippen LogP contribution in [-0.4, -0.2) is 30.2 Å². The summed E-state index contributed by atoms with van der Waals surface area (Å²) in [5.41, 5.74) is 2.61. The highest BCUT2D eigenvalue weighted by Crippen LogP contribution is 2.28.